The quantitative estimate of drug-likeness (QED) is 0.149. The molecule has 2 aromatic carbocycles. The first-order valence-corrected chi connectivity index (χ1v) is 14.7. The summed E-state index contributed by atoms with van der Waals surface area (Å²) in [6, 6.07) is 11.7. The van der Waals surface area contributed by atoms with Gasteiger partial charge < -0.3 is 42.5 Å². The van der Waals surface area contributed by atoms with Crippen LogP contribution in [0.25, 0.3) is 0 Å². The molecule has 3 rings (SSSR count). The molecule has 13 heteroatoms. The molecule has 0 radical (unpaired) electrons. The van der Waals surface area contributed by atoms with Gasteiger partial charge in [-0.25, -0.2) is 9.59 Å². The van der Waals surface area contributed by atoms with Crippen LogP contribution in [0.3, 0.4) is 0 Å². The number of carboxylic acids is 1. The molecule has 4 amide bonds. The van der Waals surface area contributed by atoms with Crippen LogP contribution in [0, 0.1) is 5.92 Å². The van der Waals surface area contributed by atoms with E-state index in [0.29, 0.717) is 18.4 Å². The number of aliphatic hydroxyl groups is 1. The van der Waals surface area contributed by atoms with Crippen molar-refractivity contribution < 1.29 is 29.4 Å². The van der Waals surface area contributed by atoms with Gasteiger partial charge in [-0.3, -0.25) is 14.6 Å². The summed E-state index contributed by atoms with van der Waals surface area (Å²) in [6.45, 7) is 3.42. The number of nitrogens with one attached hydrogen (secondary N) is 3. The summed E-state index contributed by atoms with van der Waals surface area (Å²) in [6.07, 6.45) is 1.02. The van der Waals surface area contributed by atoms with Crippen LogP contribution in [0.5, 0.6) is 0 Å². The monoisotopic (exact) mass is 609 g/mol. The number of aliphatic imine (C=N–C) groups is 1. The molecule has 0 saturated carbocycles. The predicted octanol–water partition coefficient (Wildman–Crippen LogP) is 0.359. The standard InChI is InChI=1S/C31H43N7O6/c1-3-19(2)26(27(32)40)38(22(18-39)16-20-10-6-4-7-11-20)28(41)25(23-14-15-34-30(33)35-23)37-31(44)36-24(29(42)43)17-21-12-8-5-9-13-21/h4-13,19,22-26,39H,3,14-18H2,1-2H3,(H2,32,40)(H,42,43)(H3,33,34,35)(H2,36,37,44)/t19-,22?,23?,24?,25-,26-/m0/s1. The lowest BCUT2D eigenvalue weighted by Crippen LogP contribution is -2.67. The van der Waals surface area contributed by atoms with Gasteiger partial charge in [-0.15, -0.1) is 0 Å². The number of rotatable bonds is 15. The van der Waals surface area contributed by atoms with Gasteiger partial charge in [0.1, 0.15) is 18.1 Å². The summed E-state index contributed by atoms with van der Waals surface area (Å²) in [5.74, 6) is -3.01. The molecule has 0 spiro atoms. The molecule has 238 valence electrons. The van der Waals surface area contributed by atoms with Gasteiger partial charge in [-0.05, 0) is 29.9 Å². The molecule has 6 atom stereocenters. The largest absolute Gasteiger partial charge is 0.480 e. The Hall–Kier alpha value is -4.65. The van der Waals surface area contributed by atoms with Crippen molar-refractivity contribution in [1.29, 1.82) is 0 Å². The van der Waals surface area contributed by atoms with Crippen molar-refractivity contribution in [2.24, 2.45) is 22.4 Å². The molecule has 9 N–H and O–H groups in total. The number of carbonyl (C=O) groups is 4. The van der Waals surface area contributed by atoms with Crippen LogP contribution < -0.4 is 27.4 Å². The highest BCUT2D eigenvalue weighted by atomic mass is 16.4. The normalized spacial score (nSPS) is 17.9. The Morgan fingerprint density at radius 3 is 2.11 bits per heavy atom. The molecule has 2 aromatic rings. The van der Waals surface area contributed by atoms with Gasteiger partial charge in [0, 0.05) is 13.0 Å². The van der Waals surface area contributed by atoms with Crippen LogP contribution >= 0.6 is 0 Å². The first kappa shape index (κ1) is 33.8. The third kappa shape index (κ3) is 9.17. The molecular weight excluding hydrogens is 566 g/mol. The van der Waals surface area contributed by atoms with E-state index in [4.69, 9.17) is 11.5 Å². The maximum absolute atomic E-state index is 14.6. The number of nitrogens with zero attached hydrogens (tertiary/aromatic N) is 2. The molecule has 3 unspecified atom stereocenters. The first-order chi connectivity index (χ1) is 21.0. The fourth-order valence-electron chi connectivity index (χ4n) is 5.36. The second-order valence-corrected chi connectivity index (χ2v) is 11.0. The van der Waals surface area contributed by atoms with Gasteiger partial charge in [-0.2, -0.15) is 0 Å². The van der Waals surface area contributed by atoms with Crippen molar-refractivity contribution >= 4 is 29.8 Å². The van der Waals surface area contributed by atoms with Crippen LogP contribution in [0.15, 0.2) is 65.7 Å². The van der Waals surface area contributed by atoms with E-state index < -0.39 is 60.6 Å². The minimum atomic E-state index is -1.33. The lowest BCUT2D eigenvalue weighted by Gasteiger charge is -2.42. The van der Waals surface area contributed by atoms with E-state index in [1.54, 1.807) is 37.3 Å². The van der Waals surface area contributed by atoms with Crippen LogP contribution in [0.4, 0.5) is 4.79 Å². The number of guanidine groups is 1. The second-order valence-electron chi connectivity index (χ2n) is 11.0. The molecule has 0 fully saturated rings. The Balaban J connectivity index is 1.99. The second kappa shape index (κ2) is 16.3. The van der Waals surface area contributed by atoms with E-state index in [1.807, 2.05) is 37.3 Å². The summed E-state index contributed by atoms with van der Waals surface area (Å²) in [5, 5.41) is 28.4. The number of aliphatic hydroxyl groups excluding tert-OH is 1. The number of aliphatic carboxylic acids is 1. The number of urea groups is 1. The van der Waals surface area contributed by atoms with E-state index in [2.05, 4.69) is 20.9 Å². The molecule has 13 nitrogen and oxygen atoms in total. The Bertz CT molecular complexity index is 1290. The average Bonchev–Trinajstić information content (AvgIpc) is 3.01. The molecule has 1 aliphatic rings. The van der Waals surface area contributed by atoms with Crippen molar-refractivity contribution in [3.8, 4) is 0 Å². The molecule has 44 heavy (non-hydrogen) atoms. The Morgan fingerprint density at radius 2 is 1.61 bits per heavy atom. The summed E-state index contributed by atoms with van der Waals surface area (Å²) >= 11 is 0. The zero-order valence-electron chi connectivity index (χ0n) is 25.1. The minimum Gasteiger partial charge on any atom is -0.480 e. The molecule has 0 bridgehead atoms. The number of hydrogen-bond donors (Lipinski definition) is 7. The van der Waals surface area contributed by atoms with Crippen LogP contribution in [0.2, 0.25) is 0 Å². The lowest BCUT2D eigenvalue weighted by atomic mass is 9.91. The molecule has 1 heterocycles. The zero-order chi connectivity index (χ0) is 32.2. The summed E-state index contributed by atoms with van der Waals surface area (Å²) < 4.78 is 0. The SMILES string of the molecule is CC[C@H](C)[C@@H](C(N)=O)N(C(=O)[C@@H](NC(=O)NC(Cc1ccccc1)C(=O)O)C1CCN=C(N)N1)C(CO)Cc1ccccc1. The van der Waals surface area contributed by atoms with Crippen molar-refractivity contribution in [3.05, 3.63) is 71.8 Å². The van der Waals surface area contributed by atoms with E-state index in [1.165, 1.54) is 4.90 Å². The van der Waals surface area contributed by atoms with Crippen LogP contribution in [-0.2, 0) is 27.2 Å². The third-order valence-corrected chi connectivity index (χ3v) is 7.84. The Kier molecular flexibility index (Phi) is 12.5. The van der Waals surface area contributed by atoms with Crippen molar-refractivity contribution in [2.45, 2.75) is 69.7 Å². The molecule has 0 aromatic heterocycles. The number of benzene rings is 2. The summed E-state index contributed by atoms with van der Waals surface area (Å²) in [7, 11) is 0. The van der Waals surface area contributed by atoms with Crippen LogP contribution in [-0.4, -0.2) is 88.2 Å². The van der Waals surface area contributed by atoms with Gasteiger partial charge in [0.25, 0.3) is 0 Å². The zero-order valence-corrected chi connectivity index (χ0v) is 25.1. The van der Waals surface area contributed by atoms with E-state index in [0.717, 1.165) is 5.56 Å². The number of carboxylic acid groups (broad SMARTS) is 1. The van der Waals surface area contributed by atoms with E-state index >= 15 is 0 Å². The predicted molar refractivity (Wildman–Crippen MR) is 165 cm³/mol. The first-order valence-electron chi connectivity index (χ1n) is 14.7. The summed E-state index contributed by atoms with van der Waals surface area (Å²) in [5.41, 5.74) is 13.3. The number of amides is 4. The van der Waals surface area contributed by atoms with Gasteiger partial charge in [-0.1, -0.05) is 80.9 Å². The van der Waals surface area contributed by atoms with Crippen LogP contribution in [0.1, 0.15) is 37.8 Å². The maximum Gasteiger partial charge on any atom is 0.326 e. The number of carbonyl (C=O) groups excluding carboxylic acids is 3. The van der Waals surface area contributed by atoms with Gasteiger partial charge in [0.05, 0.1) is 18.7 Å². The molecule has 0 saturated heterocycles. The molecule has 0 aliphatic carbocycles. The van der Waals surface area contributed by atoms with E-state index in [-0.39, 0.29) is 31.3 Å². The smallest absolute Gasteiger partial charge is 0.326 e. The summed E-state index contributed by atoms with van der Waals surface area (Å²) in [4.78, 5) is 58.3. The van der Waals surface area contributed by atoms with Crippen molar-refractivity contribution in [3.63, 3.8) is 0 Å². The van der Waals surface area contributed by atoms with Crippen molar-refractivity contribution in [1.82, 2.24) is 20.9 Å². The molecule has 1 aliphatic heterocycles. The fourth-order valence-corrected chi connectivity index (χ4v) is 5.36. The Morgan fingerprint density at radius 1 is 1.02 bits per heavy atom. The van der Waals surface area contributed by atoms with Gasteiger partial charge >= 0.3 is 12.0 Å². The maximum atomic E-state index is 14.6. The number of primary amides is 1. The average molecular weight is 610 g/mol. The Labute approximate surface area is 257 Å². The minimum absolute atomic E-state index is 0.0110. The molecular formula is C31H43N7O6. The number of hydrogen-bond acceptors (Lipinski definition) is 8. The van der Waals surface area contributed by atoms with Crippen molar-refractivity contribution in [2.75, 3.05) is 13.2 Å². The highest BCUT2D eigenvalue weighted by Crippen LogP contribution is 2.23. The fraction of sp³-hybridized carbons (Fsp3) is 0.452. The van der Waals surface area contributed by atoms with Gasteiger partial charge in [0.15, 0.2) is 5.96 Å². The number of nitrogens with two attached hydrogens (primary N) is 2. The lowest BCUT2D eigenvalue weighted by molar-refractivity contribution is -0.147. The highest BCUT2D eigenvalue weighted by Gasteiger charge is 2.43. The third-order valence-electron chi connectivity index (χ3n) is 7.84. The topological polar surface area (TPSA) is 212 Å². The van der Waals surface area contributed by atoms with Gasteiger partial charge in [0.2, 0.25) is 11.8 Å². The van der Waals surface area contributed by atoms with E-state index in [9.17, 15) is 29.4 Å². The highest BCUT2D eigenvalue weighted by molar-refractivity contribution is 5.94.